The lowest BCUT2D eigenvalue weighted by Gasteiger charge is -2.14. The van der Waals surface area contributed by atoms with Gasteiger partial charge in [0.2, 0.25) is 0 Å². The molecule has 0 amide bonds. The van der Waals surface area contributed by atoms with Crippen LogP contribution in [-0.4, -0.2) is 16.7 Å². The summed E-state index contributed by atoms with van der Waals surface area (Å²) in [5.74, 6) is -1.17. The highest BCUT2D eigenvalue weighted by molar-refractivity contribution is 5.77. The van der Waals surface area contributed by atoms with Crippen LogP contribution in [-0.2, 0) is 11.3 Å². The van der Waals surface area contributed by atoms with E-state index in [0.29, 0.717) is 6.54 Å². The Bertz CT molecular complexity index is 312. The van der Waals surface area contributed by atoms with Crippen molar-refractivity contribution in [1.82, 2.24) is 0 Å². The highest BCUT2D eigenvalue weighted by Gasteiger charge is 2.25. The van der Waals surface area contributed by atoms with E-state index in [9.17, 15) is 4.79 Å². The molecule has 0 aromatic heterocycles. The lowest BCUT2D eigenvalue weighted by molar-refractivity contribution is -0.143. The van der Waals surface area contributed by atoms with Gasteiger partial charge in [0.1, 0.15) is 0 Å². The molecule has 0 radical (unpaired) electrons. The number of nitrogens with two attached hydrogens (primary N) is 3. The van der Waals surface area contributed by atoms with Crippen LogP contribution in [0.4, 0.5) is 0 Å². The zero-order valence-electron chi connectivity index (χ0n) is 9.39. The SMILES string of the molecule is CCC(N)(N)C(=O)O.NCc1ccccc1. The number of hydrogen-bond donors (Lipinski definition) is 4. The Balaban J connectivity index is 0.000000281. The third kappa shape index (κ3) is 5.45. The summed E-state index contributed by atoms with van der Waals surface area (Å²) in [5.41, 5.74) is 15.1. The van der Waals surface area contributed by atoms with Gasteiger partial charge in [-0.05, 0) is 12.0 Å². The van der Waals surface area contributed by atoms with Crippen LogP contribution in [0.5, 0.6) is 0 Å². The Labute approximate surface area is 95.2 Å². The molecule has 5 nitrogen and oxygen atoms in total. The van der Waals surface area contributed by atoms with Gasteiger partial charge in [0.05, 0.1) is 0 Å². The van der Waals surface area contributed by atoms with E-state index in [1.165, 1.54) is 5.56 Å². The maximum Gasteiger partial charge on any atom is 0.338 e. The summed E-state index contributed by atoms with van der Waals surface area (Å²) < 4.78 is 0. The number of hydrogen-bond acceptors (Lipinski definition) is 4. The van der Waals surface area contributed by atoms with Gasteiger partial charge in [0.15, 0.2) is 5.66 Å². The summed E-state index contributed by atoms with van der Waals surface area (Å²) in [6, 6.07) is 9.99. The first kappa shape index (κ1) is 14.6. The van der Waals surface area contributed by atoms with Crippen molar-refractivity contribution in [2.24, 2.45) is 17.2 Å². The van der Waals surface area contributed by atoms with Gasteiger partial charge in [-0.15, -0.1) is 0 Å². The highest BCUT2D eigenvalue weighted by Crippen LogP contribution is 1.95. The zero-order valence-corrected chi connectivity index (χ0v) is 9.39. The van der Waals surface area contributed by atoms with Gasteiger partial charge in [0, 0.05) is 6.54 Å². The number of aliphatic carboxylic acids is 1. The van der Waals surface area contributed by atoms with Crippen molar-refractivity contribution in [2.45, 2.75) is 25.6 Å². The molecule has 0 saturated heterocycles. The molecule has 0 unspecified atom stereocenters. The first-order valence-corrected chi connectivity index (χ1v) is 4.99. The third-order valence-electron chi connectivity index (χ3n) is 2.06. The lowest BCUT2D eigenvalue weighted by Crippen LogP contribution is -2.55. The first-order chi connectivity index (χ1) is 7.44. The van der Waals surface area contributed by atoms with Crippen LogP contribution in [0.15, 0.2) is 30.3 Å². The molecule has 1 aromatic rings. The van der Waals surface area contributed by atoms with E-state index >= 15 is 0 Å². The highest BCUT2D eigenvalue weighted by atomic mass is 16.4. The van der Waals surface area contributed by atoms with Gasteiger partial charge in [-0.1, -0.05) is 37.3 Å². The van der Waals surface area contributed by atoms with Gasteiger partial charge >= 0.3 is 5.97 Å². The van der Waals surface area contributed by atoms with E-state index in [1.807, 2.05) is 30.3 Å². The molecule has 16 heavy (non-hydrogen) atoms. The number of carboxylic acids is 1. The van der Waals surface area contributed by atoms with Crippen LogP contribution < -0.4 is 17.2 Å². The quantitative estimate of drug-likeness (QED) is 0.550. The van der Waals surface area contributed by atoms with Crippen LogP contribution in [0.2, 0.25) is 0 Å². The number of carboxylic acid groups (broad SMARTS) is 1. The summed E-state index contributed by atoms with van der Waals surface area (Å²) in [4.78, 5) is 10.0. The van der Waals surface area contributed by atoms with Crippen molar-refractivity contribution < 1.29 is 9.90 Å². The molecule has 0 aliphatic carbocycles. The zero-order chi connectivity index (χ0) is 12.6. The van der Waals surface area contributed by atoms with Crippen molar-refractivity contribution in [2.75, 3.05) is 0 Å². The summed E-state index contributed by atoms with van der Waals surface area (Å²) in [6.45, 7) is 2.26. The molecule has 0 aliphatic rings. The van der Waals surface area contributed by atoms with Crippen LogP contribution >= 0.6 is 0 Å². The smallest absolute Gasteiger partial charge is 0.338 e. The fraction of sp³-hybridized carbons (Fsp3) is 0.364. The molecule has 1 aromatic carbocycles. The third-order valence-corrected chi connectivity index (χ3v) is 2.06. The molecule has 0 heterocycles. The predicted octanol–water partition coefficient (Wildman–Crippen LogP) is 0.240. The van der Waals surface area contributed by atoms with E-state index in [-0.39, 0.29) is 6.42 Å². The predicted molar refractivity (Wildman–Crippen MR) is 63.4 cm³/mol. The molecular weight excluding hydrogens is 206 g/mol. The standard InChI is InChI=1S/C7H9N.C4H10N2O2/c8-6-7-4-2-1-3-5-7;1-2-4(5,6)3(7)8/h1-5H,6,8H2;2,5-6H2,1H3,(H,7,8). The number of carbonyl (C=O) groups is 1. The van der Waals surface area contributed by atoms with Crippen LogP contribution in [0.1, 0.15) is 18.9 Å². The van der Waals surface area contributed by atoms with E-state index < -0.39 is 11.6 Å². The Morgan fingerprint density at radius 1 is 1.31 bits per heavy atom. The molecule has 0 aliphatic heterocycles. The van der Waals surface area contributed by atoms with Crippen molar-refractivity contribution in [3.8, 4) is 0 Å². The molecule has 90 valence electrons. The van der Waals surface area contributed by atoms with Crippen LogP contribution in [0.25, 0.3) is 0 Å². The molecular formula is C11H19N3O2. The minimum absolute atomic E-state index is 0.238. The second kappa shape index (κ2) is 6.95. The van der Waals surface area contributed by atoms with E-state index in [4.69, 9.17) is 22.3 Å². The summed E-state index contributed by atoms with van der Waals surface area (Å²) in [7, 11) is 0. The maximum atomic E-state index is 10.0. The van der Waals surface area contributed by atoms with E-state index in [0.717, 1.165) is 0 Å². The van der Waals surface area contributed by atoms with E-state index in [2.05, 4.69) is 0 Å². The maximum absolute atomic E-state index is 10.0. The average Bonchev–Trinajstić information content (AvgIpc) is 2.30. The van der Waals surface area contributed by atoms with Gasteiger partial charge in [0.25, 0.3) is 0 Å². The Morgan fingerprint density at radius 3 is 2.00 bits per heavy atom. The van der Waals surface area contributed by atoms with Crippen LogP contribution in [0, 0.1) is 0 Å². The van der Waals surface area contributed by atoms with Gasteiger partial charge in [-0.3, -0.25) is 0 Å². The van der Waals surface area contributed by atoms with Crippen molar-refractivity contribution in [3.05, 3.63) is 35.9 Å². The number of rotatable bonds is 3. The molecule has 0 bridgehead atoms. The van der Waals surface area contributed by atoms with Crippen molar-refractivity contribution in [1.29, 1.82) is 0 Å². The second-order valence-corrected chi connectivity index (χ2v) is 3.39. The largest absolute Gasteiger partial charge is 0.479 e. The fourth-order valence-electron chi connectivity index (χ4n) is 0.765. The summed E-state index contributed by atoms with van der Waals surface area (Å²) in [6.07, 6.45) is 0.238. The Hall–Kier alpha value is -1.43. The normalized spacial score (nSPS) is 10.2. The van der Waals surface area contributed by atoms with Crippen molar-refractivity contribution in [3.63, 3.8) is 0 Å². The van der Waals surface area contributed by atoms with Gasteiger partial charge < -0.3 is 22.3 Å². The lowest BCUT2D eigenvalue weighted by atomic mass is 10.1. The minimum Gasteiger partial charge on any atom is -0.479 e. The van der Waals surface area contributed by atoms with Crippen molar-refractivity contribution >= 4 is 5.97 Å². The molecule has 0 fully saturated rings. The van der Waals surface area contributed by atoms with E-state index in [1.54, 1.807) is 6.92 Å². The van der Waals surface area contributed by atoms with Crippen LogP contribution in [0.3, 0.4) is 0 Å². The molecule has 0 spiro atoms. The monoisotopic (exact) mass is 225 g/mol. The fourth-order valence-corrected chi connectivity index (χ4v) is 0.765. The average molecular weight is 225 g/mol. The van der Waals surface area contributed by atoms with Gasteiger partial charge in [-0.25, -0.2) is 4.79 Å². The molecule has 7 N–H and O–H groups in total. The summed E-state index contributed by atoms with van der Waals surface area (Å²) in [5, 5.41) is 8.19. The summed E-state index contributed by atoms with van der Waals surface area (Å²) >= 11 is 0. The topological polar surface area (TPSA) is 115 Å². The van der Waals surface area contributed by atoms with Gasteiger partial charge in [-0.2, -0.15) is 0 Å². The molecule has 0 atom stereocenters. The molecule has 5 heteroatoms. The molecule has 0 saturated carbocycles. The minimum atomic E-state index is -1.54. The first-order valence-electron chi connectivity index (χ1n) is 4.99. The number of benzene rings is 1. The Kier molecular flexibility index (Phi) is 6.32. The Morgan fingerprint density at radius 2 is 1.81 bits per heavy atom. The molecule has 1 rings (SSSR count). The second-order valence-electron chi connectivity index (χ2n) is 3.39.